The van der Waals surface area contributed by atoms with E-state index in [0.29, 0.717) is 5.69 Å². The average Bonchev–Trinajstić information content (AvgIpc) is 2.83. The highest BCUT2D eigenvalue weighted by Crippen LogP contribution is 2.20. The highest BCUT2D eigenvalue weighted by molar-refractivity contribution is 6.29. The number of benzene rings is 1. The summed E-state index contributed by atoms with van der Waals surface area (Å²) in [5, 5.41) is 6.48. The van der Waals surface area contributed by atoms with Crippen molar-refractivity contribution in [3.05, 3.63) is 36.6 Å². The molecule has 1 heterocycles. The molecule has 0 fully saturated rings. The van der Waals surface area contributed by atoms with Crippen LogP contribution < -0.4 is 5.32 Å². The number of hydrogen-bond acceptors (Lipinski definition) is 3. The van der Waals surface area contributed by atoms with Gasteiger partial charge in [0.1, 0.15) is 17.8 Å². The average molecular weight is 237 g/mol. The molecule has 0 aliphatic rings. The molecule has 0 saturated carbocycles. The Morgan fingerprint density at radius 1 is 1.44 bits per heavy atom. The van der Waals surface area contributed by atoms with Crippen molar-refractivity contribution in [2.24, 2.45) is 0 Å². The highest BCUT2D eigenvalue weighted by Gasteiger charge is 2.04. The molecule has 1 N–H and O–H groups in total. The maximum absolute atomic E-state index is 11.1. The van der Waals surface area contributed by atoms with E-state index in [4.69, 9.17) is 16.1 Å². The fourth-order valence-corrected chi connectivity index (χ4v) is 1.38. The Balaban J connectivity index is 2.23. The number of halogens is 1. The van der Waals surface area contributed by atoms with Gasteiger partial charge in [-0.25, -0.2) is 0 Å². The third kappa shape index (κ3) is 2.41. The summed E-state index contributed by atoms with van der Waals surface area (Å²) in [6, 6.07) is 9.06. The Bertz CT molecular complexity index is 482. The van der Waals surface area contributed by atoms with Crippen molar-refractivity contribution in [3.63, 3.8) is 0 Å². The van der Waals surface area contributed by atoms with Crippen LogP contribution in [0.1, 0.15) is 0 Å². The first-order valence-electron chi connectivity index (χ1n) is 4.66. The van der Waals surface area contributed by atoms with Gasteiger partial charge in [-0.3, -0.25) is 4.79 Å². The molecular weight excluding hydrogens is 228 g/mol. The second-order valence-corrected chi connectivity index (χ2v) is 3.41. The summed E-state index contributed by atoms with van der Waals surface area (Å²) >= 11 is 5.40. The summed E-state index contributed by atoms with van der Waals surface area (Å²) in [5.74, 6) is -0.298. The lowest BCUT2D eigenvalue weighted by Crippen LogP contribution is -2.12. The monoisotopic (exact) mass is 236 g/mol. The lowest BCUT2D eigenvalue weighted by molar-refractivity contribution is -0.113. The minimum Gasteiger partial charge on any atom is -0.364 e. The second kappa shape index (κ2) is 4.81. The van der Waals surface area contributed by atoms with Crippen LogP contribution in [0.25, 0.3) is 11.3 Å². The predicted molar refractivity (Wildman–Crippen MR) is 61.3 cm³/mol. The summed E-state index contributed by atoms with van der Waals surface area (Å²) in [7, 11) is 0. The van der Waals surface area contributed by atoms with E-state index in [9.17, 15) is 4.79 Å². The van der Waals surface area contributed by atoms with Crippen LogP contribution in [0.5, 0.6) is 0 Å². The zero-order valence-corrected chi connectivity index (χ0v) is 9.07. The Morgan fingerprint density at radius 3 is 3.00 bits per heavy atom. The minimum absolute atomic E-state index is 0.0613. The number of carbonyl (C=O) groups excluding carboxylic acids is 1. The van der Waals surface area contributed by atoms with E-state index in [2.05, 4.69) is 10.5 Å². The van der Waals surface area contributed by atoms with Gasteiger partial charge < -0.3 is 9.84 Å². The Morgan fingerprint density at radius 2 is 2.31 bits per heavy atom. The number of nitrogens with one attached hydrogen (secondary N) is 1. The molecule has 82 valence electrons. The van der Waals surface area contributed by atoms with Gasteiger partial charge in [0.2, 0.25) is 5.91 Å². The molecule has 0 atom stereocenters. The number of hydrogen-bond donors (Lipinski definition) is 1. The van der Waals surface area contributed by atoms with E-state index < -0.39 is 0 Å². The van der Waals surface area contributed by atoms with E-state index >= 15 is 0 Å². The van der Waals surface area contributed by atoms with Crippen molar-refractivity contribution in [1.82, 2.24) is 5.16 Å². The SMILES string of the molecule is O=C(CCl)Nc1cccc(-c2ccon2)c1. The summed E-state index contributed by atoms with van der Waals surface area (Å²) in [5.41, 5.74) is 2.29. The van der Waals surface area contributed by atoms with Crippen molar-refractivity contribution in [2.45, 2.75) is 0 Å². The fourth-order valence-electron chi connectivity index (χ4n) is 1.31. The molecule has 0 spiro atoms. The van der Waals surface area contributed by atoms with Gasteiger partial charge in [-0.15, -0.1) is 11.6 Å². The van der Waals surface area contributed by atoms with E-state index in [-0.39, 0.29) is 11.8 Å². The number of alkyl halides is 1. The van der Waals surface area contributed by atoms with Crippen LogP contribution in [0.15, 0.2) is 41.1 Å². The van der Waals surface area contributed by atoms with E-state index in [1.54, 1.807) is 12.1 Å². The number of carbonyl (C=O) groups is 1. The maximum Gasteiger partial charge on any atom is 0.239 e. The molecular formula is C11H9ClN2O2. The Hall–Kier alpha value is -1.81. The smallest absolute Gasteiger partial charge is 0.239 e. The van der Waals surface area contributed by atoms with E-state index in [1.807, 2.05) is 18.2 Å². The van der Waals surface area contributed by atoms with Crippen LogP contribution >= 0.6 is 11.6 Å². The van der Waals surface area contributed by atoms with Gasteiger partial charge in [0.15, 0.2) is 0 Å². The minimum atomic E-state index is -0.237. The van der Waals surface area contributed by atoms with Gasteiger partial charge in [0.25, 0.3) is 0 Å². The van der Waals surface area contributed by atoms with Crippen molar-refractivity contribution >= 4 is 23.2 Å². The first kappa shape index (κ1) is 10.7. The molecule has 1 aromatic carbocycles. The number of amides is 1. The maximum atomic E-state index is 11.1. The number of rotatable bonds is 3. The zero-order chi connectivity index (χ0) is 11.4. The van der Waals surface area contributed by atoms with Gasteiger partial charge in [0.05, 0.1) is 0 Å². The summed E-state index contributed by atoms with van der Waals surface area (Å²) in [4.78, 5) is 11.1. The van der Waals surface area contributed by atoms with Crippen LogP contribution in [0, 0.1) is 0 Å². The highest BCUT2D eigenvalue weighted by atomic mass is 35.5. The fraction of sp³-hybridized carbons (Fsp3) is 0.0909. The molecule has 1 aromatic heterocycles. The number of anilines is 1. The molecule has 1 amide bonds. The normalized spacial score (nSPS) is 10.1. The van der Waals surface area contributed by atoms with Crippen LogP contribution in [-0.2, 0) is 4.79 Å². The molecule has 0 radical (unpaired) electrons. The topological polar surface area (TPSA) is 55.1 Å². The van der Waals surface area contributed by atoms with E-state index in [1.165, 1.54) is 6.26 Å². The van der Waals surface area contributed by atoms with Gasteiger partial charge >= 0.3 is 0 Å². The lowest BCUT2D eigenvalue weighted by atomic mass is 10.1. The molecule has 0 aliphatic carbocycles. The van der Waals surface area contributed by atoms with Crippen molar-refractivity contribution < 1.29 is 9.32 Å². The summed E-state index contributed by atoms with van der Waals surface area (Å²) in [6.45, 7) is 0. The quantitative estimate of drug-likeness (QED) is 0.834. The second-order valence-electron chi connectivity index (χ2n) is 3.15. The number of aromatic nitrogens is 1. The molecule has 16 heavy (non-hydrogen) atoms. The first-order valence-corrected chi connectivity index (χ1v) is 5.19. The van der Waals surface area contributed by atoms with Crippen molar-refractivity contribution in [2.75, 3.05) is 11.2 Å². The van der Waals surface area contributed by atoms with Gasteiger partial charge in [-0.2, -0.15) is 0 Å². The van der Waals surface area contributed by atoms with Gasteiger partial charge in [-0.1, -0.05) is 17.3 Å². The predicted octanol–water partition coefficient (Wildman–Crippen LogP) is 2.52. The Kier molecular flexibility index (Phi) is 3.22. The van der Waals surface area contributed by atoms with Crippen molar-refractivity contribution in [1.29, 1.82) is 0 Å². The number of nitrogens with zero attached hydrogens (tertiary/aromatic N) is 1. The standard InChI is InChI=1S/C11H9ClN2O2/c12-7-11(15)13-9-3-1-2-8(6-9)10-4-5-16-14-10/h1-6H,7H2,(H,13,15). The molecule has 2 aromatic rings. The lowest BCUT2D eigenvalue weighted by Gasteiger charge is -2.03. The molecule has 4 nitrogen and oxygen atoms in total. The molecule has 0 unspecified atom stereocenters. The van der Waals surface area contributed by atoms with Crippen molar-refractivity contribution in [3.8, 4) is 11.3 Å². The third-order valence-corrected chi connectivity index (χ3v) is 2.24. The molecule has 2 rings (SSSR count). The van der Waals surface area contributed by atoms with Crippen LogP contribution in [0.4, 0.5) is 5.69 Å². The largest absolute Gasteiger partial charge is 0.364 e. The van der Waals surface area contributed by atoms with Crippen LogP contribution in [-0.4, -0.2) is 16.9 Å². The summed E-state index contributed by atoms with van der Waals surface area (Å²) < 4.78 is 4.75. The molecule has 0 saturated heterocycles. The van der Waals surface area contributed by atoms with Crippen LogP contribution in [0.3, 0.4) is 0 Å². The molecule has 0 bridgehead atoms. The zero-order valence-electron chi connectivity index (χ0n) is 8.31. The molecule has 0 aliphatic heterocycles. The first-order chi connectivity index (χ1) is 7.79. The Labute approximate surface area is 97.2 Å². The summed E-state index contributed by atoms with van der Waals surface area (Å²) in [6.07, 6.45) is 1.50. The van der Waals surface area contributed by atoms with Gasteiger partial charge in [-0.05, 0) is 12.1 Å². The third-order valence-electron chi connectivity index (χ3n) is 2.00. The molecule has 5 heteroatoms. The van der Waals surface area contributed by atoms with E-state index in [0.717, 1.165) is 11.3 Å². The van der Waals surface area contributed by atoms with Crippen LogP contribution in [0.2, 0.25) is 0 Å². The van der Waals surface area contributed by atoms with Gasteiger partial charge in [0, 0.05) is 17.3 Å².